The summed E-state index contributed by atoms with van der Waals surface area (Å²) in [6.07, 6.45) is 12.4. The van der Waals surface area contributed by atoms with E-state index >= 15 is 0 Å². The fraction of sp³-hybridized carbons (Fsp3) is 0.289. The first kappa shape index (κ1) is 41.1. The van der Waals surface area contributed by atoms with Crippen LogP contribution in [0.3, 0.4) is 0 Å². The summed E-state index contributed by atoms with van der Waals surface area (Å²) in [5, 5.41) is 8.67. The molecule has 3 fully saturated rings. The minimum absolute atomic E-state index is 0. The maximum absolute atomic E-state index is 11.1. The minimum atomic E-state index is -0.897. The summed E-state index contributed by atoms with van der Waals surface area (Å²) < 4.78 is 10.3. The van der Waals surface area contributed by atoms with E-state index in [0.29, 0.717) is 34.4 Å². The van der Waals surface area contributed by atoms with Crippen molar-refractivity contribution in [2.45, 2.75) is 38.5 Å². The van der Waals surface area contributed by atoms with E-state index in [2.05, 4.69) is 61.7 Å². The number of carbonyl (C=O) groups is 3. The van der Waals surface area contributed by atoms with E-state index in [4.69, 9.17) is 11.5 Å². The Bertz CT molecular complexity index is 1610. The van der Waals surface area contributed by atoms with Crippen LogP contribution in [0.2, 0.25) is 0 Å². The van der Waals surface area contributed by atoms with Gasteiger partial charge in [0.05, 0.1) is 30.9 Å². The Morgan fingerprint density at radius 1 is 0.660 bits per heavy atom. The van der Waals surface area contributed by atoms with Crippen molar-refractivity contribution in [3.05, 3.63) is 104 Å². The number of carboxylic acid groups (broad SMARTS) is 1. The van der Waals surface area contributed by atoms with E-state index in [1.54, 1.807) is 48.5 Å². The van der Waals surface area contributed by atoms with Crippen LogP contribution in [-0.2, 0) is 9.47 Å². The van der Waals surface area contributed by atoms with Gasteiger partial charge < -0.3 is 20.1 Å². The van der Waals surface area contributed by atoms with Crippen LogP contribution in [0.4, 0.5) is 0 Å². The standard InChI is InChI=1S/C13H12O2.C12H10O2.C8H7IO2.C5H6.Li.H2O/c1-15-13(14)12-8-6-11(7-9-12)5-4-10-2-3-10;13-12(14)11-7-5-10(6-8-11)4-3-9-1-2-9;1-11-8(10)6-2-4-7(9)5-3-6;1-2-5-3-4-5;;/h6-10H,2-3H2,1H3;5-9H,1-2H2,(H,13,14);2-5H,1H3;1,5H,3-4H2;;1H2/q;;;;+1;/p-1. The first-order valence-electron chi connectivity index (χ1n) is 14.6. The topological polar surface area (TPSA) is 120 Å². The minimum Gasteiger partial charge on any atom is -0.870 e. The molecule has 2 N–H and O–H groups in total. The molecule has 3 saturated carbocycles. The molecule has 7 nitrogen and oxygen atoms in total. The van der Waals surface area contributed by atoms with Gasteiger partial charge in [-0.15, -0.1) is 12.3 Å². The number of aromatic carboxylic acids is 1. The van der Waals surface area contributed by atoms with Crippen LogP contribution in [0.5, 0.6) is 0 Å². The van der Waals surface area contributed by atoms with Gasteiger partial charge in [0.15, 0.2) is 0 Å². The van der Waals surface area contributed by atoms with E-state index in [1.165, 1.54) is 52.7 Å². The number of terminal acetylenes is 1. The Labute approximate surface area is 302 Å². The summed E-state index contributed by atoms with van der Waals surface area (Å²) >= 11 is 2.18. The van der Waals surface area contributed by atoms with Crippen LogP contribution in [-0.4, -0.2) is 42.7 Å². The summed E-state index contributed by atoms with van der Waals surface area (Å²) in [6, 6.07) is 21.1. The number of hydrogen-bond acceptors (Lipinski definition) is 6. The molecule has 3 aromatic carbocycles. The Kier molecular flexibility index (Phi) is 19.0. The summed E-state index contributed by atoms with van der Waals surface area (Å²) in [6.45, 7) is 0. The number of halogens is 1. The van der Waals surface area contributed by atoms with Gasteiger partial charge in [0.2, 0.25) is 0 Å². The van der Waals surface area contributed by atoms with Gasteiger partial charge in [-0.3, -0.25) is 0 Å². The third-order valence-corrected chi connectivity index (χ3v) is 7.23. The maximum Gasteiger partial charge on any atom is 1.00 e. The van der Waals surface area contributed by atoms with Crippen LogP contribution in [0.1, 0.15) is 80.7 Å². The third kappa shape index (κ3) is 17.0. The average molecular weight is 739 g/mol. The number of carbonyl (C=O) groups excluding carboxylic acids is 2. The first-order valence-corrected chi connectivity index (χ1v) is 15.6. The molecule has 0 amide bonds. The van der Waals surface area contributed by atoms with Gasteiger partial charge >= 0.3 is 36.8 Å². The zero-order valence-corrected chi connectivity index (χ0v) is 29.0. The summed E-state index contributed by atoms with van der Waals surface area (Å²) in [7, 11) is 2.75. The molecule has 47 heavy (non-hydrogen) atoms. The van der Waals surface area contributed by atoms with E-state index in [9.17, 15) is 14.4 Å². The predicted octanol–water partition coefficient (Wildman–Crippen LogP) is 4.32. The van der Waals surface area contributed by atoms with Crippen molar-refractivity contribution >= 4 is 40.5 Å². The molecule has 238 valence electrons. The maximum atomic E-state index is 11.1. The molecule has 0 aliphatic heterocycles. The van der Waals surface area contributed by atoms with E-state index in [1.807, 2.05) is 24.3 Å². The molecule has 0 aromatic heterocycles. The first-order chi connectivity index (χ1) is 21.7. The largest absolute Gasteiger partial charge is 1.00 e. The Morgan fingerprint density at radius 3 is 1.28 bits per heavy atom. The molecule has 0 heterocycles. The molecular weight excluding hydrogens is 702 g/mol. The second-order valence-corrected chi connectivity index (χ2v) is 11.7. The number of benzene rings is 3. The molecule has 0 atom stereocenters. The Morgan fingerprint density at radius 2 is 1.00 bits per heavy atom. The molecule has 0 saturated heterocycles. The quantitative estimate of drug-likeness (QED) is 0.184. The normalized spacial score (nSPS) is 13.1. The van der Waals surface area contributed by atoms with Gasteiger partial charge in [0.25, 0.3) is 0 Å². The molecule has 0 radical (unpaired) electrons. The Hall–Kier alpha value is -3.96. The van der Waals surface area contributed by atoms with Gasteiger partial charge in [-0.25, -0.2) is 14.4 Å². The molecule has 0 spiro atoms. The van der Waals surface area contributed by atoms with Gasteiger partial charge in [0.1, 0.15) is 0 Å². The molecule has 6 rings (SSSR count). The van der Waals surface area contributed by atoms with E-state index in [0.717, 1.165) is 14.7 Å². The number of methoxy groups -OCH3 is 2. The molecule has 3 aromatic rings. The van der Waals surface area contributed by atoms with Crippen LogP contribution in [0.15, 0.2) is 72.8 Å². The summed E-state index contributed by atoms with van der Waals surface area (Å²) in [4.78, 5) is 32.6. The van der Waals surface area contributed by atoms with Gasteiger partial charge in [-0.1, -0.05) is 23.7 Å². The number of carboxylic acids is 1. The fourth-order valence-electron chi connectivity index (χ4n) is 3.28. The zero-order valence-electron chi connectivity index (χ0n) is 26.8. The van der Waals surface area contributed by atoms with E-state index in [-0.39, 0.29) is 36.3 Å². The van der Waals surface area contributed by atoms with Gasteiger partial charge in [-0.2, -0.15) is 0 Å². The van der Waals surface area contributed by atoms with Gasteiger partial charge in [0, 0.05) is 32.5 Å². The zero-order chi connectivity index (χ0) is 32.6. The second-order valence-electron chi connectivity index (χ2n) is 10.5. The molecule has 3 aliphatic rings. The molecule has 0 unspecified atom stereocenters. The average Bonchev–Trinajstić information content (AvgIpc) is 3.91. The number of esters is 2. The fourth-order valence-corrected chi connectivity index (χ4v) is 3.64. The number of rotatable bonds is 3. The van der Waals surface area contributed by atoms with Crippen LogP contribution in [0.25, 0.3) is 0 Å². The summed E-state index contributed by atoms with van der Waals surface area (Å²) in [5.41, 5.74) is 3.31. The van der Waals surface area contributed by atoms with Gasteiger partial charge in [-0.05, 0) is 134 Å². The van der Waals surface area contributed by atoms with Crippen LogP contribution >= 0.6 is 22.6 Å². The smallest absolute Gasteiger partial charge is 0.870 e. The van der Waals surface area contributed by atoms with Crippen molar-refractivity contribution in [2.75, 3.05) is 14.2 Å². The predicted molar refractivity (Wildman–Crippen MR) is 184 cm³/mol. The monoisotopic (exact) mass is 738 g/mol. The number of ether oxygens (including phenoxy) is 2. The second kappa shape index (κ2) is 21.8. The molecule has 3 aliphatic carbocycles. The Balaban J connectivity index is 0.000000324. The number of hydrogen-bond donors (Lipinski definition) is 1. The van der Waals surface area contributed by atoms with Crippen LogP contribution in [0, 0.1) is 57.3 Å². The summed E-state index contributed by atoms with van der Waals surface area (Å²) in [5.74, 6) is 15.4. The van der Waals surface area contributed by atoms with Crippen LogP contribution < -0.4 is 18.9 Å². The van der Waals surface area contributed by atoms with Crippen molar-refractivity contribution in [3.63, 3.8) is 0 Å². The SMILES string of the molecule is C#CC1CC1.COC(=O)c1ccc(C#CC2CC2)cc1.COC(=O)c1ccc(I)cc1.O=C(O)c1ccc(C#CC2CC2)cc1.[Li+].[OH-]. The van der Waals surface area contributed by atoms with Crippen molar-refractivity contribution < 1.29 is 53.3 Å². The third-order valence-electron chi connectivity index (χ3n) is 6.51. The molecule has 0 bridgehead atoms. The van der Waals surface area contributed by atoms with Crippen molar-refractivity contribution in [2.24, 2.45) is 17.8 Å². The van der Waals surface area contributed by atoms with Crippen molar-refractivity contribution in [1.29, 1.82) is 0 Å². The van der Waals surface area contributed by atoms with Crippen molar-refractivity contribution in [3.8, 4) is 36.0 Å². The molecular formula is C38H36ILiO7. The van der Waals surface area contributed by atoms with Crippen molar-refractivity contribution in [1.82, 2.24) is 0 Å². The molecule has 9 heteroatoms. The van der Waals surface area contributed by atoms with E-state index < -0.39 is 5.97 Å².